The molecule has 0 saturated heterocycles. The molecule has 1 heterocycles. The van der Waals surface area contributed by atoms with Crippen molar-refractivity contribution in [2.75, 3.05) is 0 Å². The molecule has 0 aromatic rings. The second-order valence-electron chi connectivity index (χ2n) is 1.60. The van der Waals surface area contributed by atoms with Crippen molar-refractivity contribution in [1.82, 2.24) is 5.32 Å². The van der Waals surface area contributed by atoms with E-state index < -0.39 is 0 Å². The van der Waals surface area contributed by atoms with Gasteiger partial charge in [-0.15, -0.1) is 12.4 Å². The Balaban J connectivity index is 0.000000810. The highest BCUT2D eigenvalue weighted by Crippen LogP contribution is 1.95. The Labute approximate surface area is 65.9 Å². The maximum Gasteiger partial charge on any atom is 0.101 e. The van der Waals surface area contributed by atoms with E-state index in [1.807, 2.05) is 18.2 Å². The maximum absolute atomic E-state index is 8.38. The molecule has 0 spiro atoms. The van der Waals surface area contributed by atoms with Crippen molar-refractivity contribution < 1.29 is 0 Å². The third-order valence-electron chi connectivity index (χ3n) is 0.947. The van der Waals surface area contributed by atoms with E-state index in [0.29, 0.717) is 5.57 Å². The predicted molar refractivity (Wildman–Crippen MR) is 42.4 cm³/mol. The van der Waals surface area contributed by atoms with Gasteiger partial charge in [0.1, 0.15) is 6.07 Å². The minimum Gasteiger partial charge on any atom is -0.366 e. The molecule has 0 bridgehead atoms. The molecular formula is C7H7ClN2. The van der Waals surface area contributed by atoms with Gasteiger partial charge >= 0.3 is 0 Å². The highest BCUT2D eigenvalue weighted by Gasteiger charge is 1.86. The van der Waals surface area contributed by atoms with Crippen LogP contribution in [0.1, 0.15) is 0 Å². The predicted octanol–water partition coefficient (Wildman–Crippen LogP) is 1.49. The summed E-state index contributed by atoms with van der Waals surface area (Å²) in [5.41, 5.74) is 0.639. The molecule has 1 rings (SSSR count). The first-order chi connectivity index (χ1) is 4.43. The lowest BCUT2D eigenvalue weighted by atomic mass is 10.3. The van der Waals surface area contributed by atoms with Gasteiger partial charge in [0.05, 0.1) is 5.57 Å². The van der Waals surface area contributed by atoms with Gasteiger partial charge in [-0.3, -0.25) is 0 Å². The zero-order valence-electron chi connectivity index (χ0n) is 5.24. The SMILES string of the molecule is Cl.N#CC1=CNC=CC=C1. The molecule has 3 heteroatoms. The van der Waals surface area contributed by atoms with Gasteiger partial charge in [-0.1, -0.05) is 6.08 Å². The standard InChI is InChI=1S/C7H6N2.ClH/c8-5-7-3-1-2-4-9-6-7;/h1-4,6,9H;1H. The van der Waals surface area contributed by atoms with Crippen LogP contribution in [0.25, 0.3) is 0 Å². The van der Waals surface area contributed by atoms with E-state index in [4.69, 9.17) is 5.26 Å². The molecular weight excluding hydrogens is 148 g/mol. The molecule has 52 valence electrons. The first-order valence-electron chi connectivity index (χ1n) is 2.63. The third kappa shape index (κ3) is 2.38. The van der Waals surface area contributed by atoms with Crippen molar-refractivity contribution >= 4 is 12.4 Å². The van der Waals surface area contributed by atoms with Gasteiger partial charge in [0.15, 0.2) is 0 Å². The number of halogens is 1. The smallest absolute Gasteiger partial charge is 0.101 e. The summed E-state index contributed by atoms with van der Waals surface area (Å²) in [6.07, 6.45) is 8.81. The van der Waals surface area contributed by atoms with Crippen LogP contribution in [0.3, 0.4) is 0 Å². The van der Waals surface area contributed by atoms with Crippen LogP contribution in [0.5, 0.6) is 0 Å². The normalized spacial score (nSPS) is 13.7. The first-order valence-corrected chi connectivity index (χ1v) is 2.63. The van der Waals surface area contributed by atoms with Crippen LogP contribution in [0.2, 0.25) is 0 Å². The molecule has 1 N–H and O–H groups in total. The Morgan fingerprint density at radius 1 is 1.40 bits per heavy atom. The van der Waals surface area contributed by atoms with Crippen LogP contribution in [0.15, 0.2) is 36.2 Å². The molecule has 2 nitrogen and oxygen atoms in total. The topological polar surface area (TPSA) is 35.8 Å². The Bertz CT molecular complexity index is 220. The van der Waals surface area contributed by atoms with Crippen LogP contribution >= 0.6 is 12.4 Å². The molecule has 0 atom stereocenters. The number of nitrogens with zero attached hydrogens (tertiary/aromatic N) is 1. The number of nitriles is 1. The third-order valence-corrected chi connectivity index (χ3v) is 0.947. The van der Waals surface area contributed by atoms with Crippen molar-refractivity contribution in [1.29, 1.82) is 5.26 Å². The van der Waals surface area contributed by atoms with Gasteiger partial charge in [-0.25, -0.2) is 0 Å². The number of rotatable bonds is 0. The van der Waals surface area contributed by atoms with Crippen LogP contribution in [-0.2, 0) is 0 Å². The van der Waals surface area contributed by atoms with Gasteiger partial charge in [-0.2, -0.15) is 5.26 Å². The average molecular weight is 155 g/mol. The van der Waals surface area contributed by atoms with Crippen molar-refractivity contribution in [2.45, 2.75) is 0 Å². The summed E-state index contributed by atoms with van der Waals surface area (Å²) >= 11 is 0. The van der Waals surface area contributed by atoms with Crippen LogP contribution in [0, 0.1) is 11.3 Å². The van der Waals surface area contributed by atoms with E-state index in [2.05, 4.69) is 5.32 Å². The van der Waals surface area contributed by atoms with E-state index in [9.17, 15) is 0 Å². The summed E-state index contributed by atoms with van der Waals surface area (Å²) in [4.78, 5) is 0. The second-order valence-corrected chi connectivity index (χ2v) is 1.60. The summed E-state index contributed by atoms with van der Waals surface area (Å²) in [7, 11) is 0. The van der Waals surface area contributed by atoms with E-state index in [0.717, 1.165) is 0 Å². The van der Waals surface area contributed by atoms with Gasteiger partial charge in [-0.05, 0) is 12.2 Å². The maximum atomic E-state index is 8.38. The largest absolute Gasteiger partial charge is 0.366 e. The molecule has 1 aliphatic rings. The lowest BCUT2D eigenvalue weighted by Gasteiger charge is -1.84. The fourth-order valence-corrected chi connectivity index (χ4v) is 0.526. The number of nitrogens with one attached hydrogen (secondary N) is 1. The molecule has 0 radical (unpaired) electrons. The molecule has 0 aliphatic carbocycles. The lowest BCUT2D eigenvalue weighted by Crippen LogP contribution is -1.90. The van der Waals surface area contributed by atoms with Crippen molar-refractivity contribution in [3.8, 4) is 6.07 Å². The van der Waals surface area contributed by atoms with E-state index in [-0.39, 0.29) is 12.4 Å². The van der Waals surface area contributed by atoms with Crippen molar-refractivity contribution in [3.63, 3.8) is 0 Å². The molecule has 0 saturated carbocycles. The molecule has 0 unspecified atom stereocenters. The van der Waals surface area contributed by atoms with E-state index in [1.165, 1.54) is 0 Å². The summed E-state index contributed by atoms with van der Waals surface area (Å²) in [6.45, 7) is 0. The highest BCUT2D eigenvalue weighted by molar-refractivity contribution is 5.85. The molecule has 0 aromatic carbocycles. The van der Waals surface area contributed by atoms with E-state index >= 15 is 0 Å². The highest BCUT2D eigenvalue weighted by atomic mass is 35.5. The summed E-state index contributed by atoms with van der Waals surface area (Å²) in [6, 6.07) is 2.02. The number of hydrogen-bond donors (Lipinski definition) is 1. The Morgan fingerprint density at radius 3 is 2.90 bits per heavy atom. The Hall–Kier alpha value is -1.20. The summed E-state index contributed by atoms with van der Waals surface area (Å²) in [5.74, 6) is 0. The van der Waals surface area contributed by atoms with E-state index in [1.54, 1.807) is 18.5 Å². The zero-order chi connectivity index (χ0) is 6.53. The molecule has 0 fully saturated rings. The molecule has 1 aliphatic heterocycles. The molecule has 0 aromatic heterocycles. The Kier molecular flexibility index (Phi) is 4.10. The van der Waals surface area contributed by atoms with Gasteiger partial charge < -0.3 is 5.32 Å². The lowest BCUT2D eigenvalue weighted by molar-refractivity contribution is 1.19. The van der Waals surface area contributed by atoms with Gasteiger partial charge in [0.25, 0.3) is 0 Å². The average Bonchev–Trinajstić information content (AvgIpc) is 2.13. The summed E-state index contributed by atoms with van der Waals surface area (Å²) in [5, 5.41) is 11.2. The monoisotopic (exact) mass is 154 g/mol. The van der Waals surface area contributed by atoms with Crippen LogP contribution in [0.4, 0.5) is 0 Å². The van der Waals surface area contributed by atoms with Crippen LogP contribution < -0.4 is 5.32 Å². The summed E-state index contributed by atoms with van der Waals surface area (Å²) < 4.78 is 0. The van der Waals surface area contributed by atoms with Gasteiger partial charge in [0, 0.05) is 12.4 Å². The van der Waals surface area contributed by atoms with Crippen LogP contribution in [-0.4, -0.2) is 0 Å². The van der Waals surface area contributed by atoms with Crippen molar-refractivity contribution in [3.05, 3.63) is 36.2 Å². The first kappa shape index (κ1) is 8.80. The molecule has 0 amide bonds. The van der Waals surface area contributed by atoms with Gasteiger partial charge in [0.2, 0.25) is 0 Å². The number of allylic oxidation sites excluding steroid dienone is 4. The minimum absolute atomic E-state index is 0. The quantitative estimate of drug-likeness (QED) is 0.574. The number of hydrogen-bond acceptors (Lipinski definition) is 2. The Morgan fingerprint density at radius 2 is 2.20 bits per heavy atom. The fraction of sp³-hybridized carbons (Fsp3) is 0. The minimum atomic E-state index is 0. The fourth-order valence-electron chi connectivity index (χ4n) is 0.526. The zero-order valence-corrected chi connectivity index (χ0v) is 6.06. The second kappa shape index (κ2) is 4.66. The molecule has 10 heavy (non-hydrogen) atoms. The van der Waals surface area contributed by atoms with Crippen molar-refractivity contribution in [2.24, 2.45) is 0 Å².